The lowest BCUT2D eigenvalue weighted by Crippen LogP contribution is -2.52. The quantitative estimate of drug-likeness (QED) is 0.544. The third-order valence-electron chi connectivity index (χ3n) is 5.78. The van der Waals surface area contributed by atoms with Crippen LogP contribution >= 0.6 is 23.4 Å². The summed E-state index contributed by atoms with van der Waals surface area (Å²) in [6.07, 6.45) is 3.43. The number of piperidine rings is 1. The molecule has 2 aromatic rings. The van der Waals surface area contributed by atoms with Gasteiger partial charge in [-0.25, -0.2) is 8.42 Å². The van der Waals surface area contributed by atoms with Gasteiger partial charge in [-0.1, -0.05) is 48.4 Å². The first-order valence-electron chi connectivity index (χ1n) is 11.1. The van der Waals surface area contributed by atoms with Crippen molar-refractivity contribution in [3.63, 3.8) is 0 Å². The Balaban J connectivity index is 1.37. The van der Waals surface area contributed by atoms with E-state index in [9.17, 15) is 22.8 Å². The first-order valence-corrected chi connectivity index (χ1v) is 13.8. The van der Waals surface area contributed by atoms with E-state index in [2.05, 4.69) is 5.32 Å². The van der Waals surface area contributed by atoms with E-state index in [0.29, 0.717) is 17.9 Å². The Morgan fingerprint density at radius 2 is 1.80 bits per heavy atom. The van der Waals surface area contributed by atoms with Crippen LogP contribution in [0.5, 0.6) is 0 Å². The van der Waals surface area contributed by atoms with Crippen molar-refractivity contribution in [2.24, 2.45) is 0 Å². The van der Waals surface area contributed by atoms with E-state index in [-0.39, 0.29) is 29.4 Å². The molecule has 2 saturated heterocycles. The first kappa shape index (κ1) is 25.4. The number of nitrogens with one attached hydrogen (secondary N) is 1. The molecule has 1 unspecified atom stereocenters. The molecule has 8 nitrogen and oxygen atoms in total. The zero-order valence-corrected chi connectivity index (χ0v) is 21.1. The van der Waals surface area contributed by atoms with Crippen molar-refractivity contribution in [3.8, 4) is 0 Å². The van der Waals surface area contributed by atoms with Crippen LogP contribution in [0.15, 0.2) is 64.4 Å². The van der Waals surface area contributed by atoms with E-state index in [1.54, 1.807) is 48.5 Å². The molecule has 0 saturated carbocycles. The maximum Gasteiger partial charge on any atom is 0.293 e. The standard InChI is InChI=1S/C24H24ClN3O5S2/c25-18-11-9-17(10-12-18)16-21-23(30)27(24(31)34-21)15-13-26-22(29)20-8-4-5-14-28(20)35(32,33)19-6-2-1-3-7-19/h1-3,6-7,9-12,16,20H,4-5,8,13-15H2,(H,26,29)/b21-16-. The highest BCUT2D eigenvalue weighted by atomic mass is 35.5. The Kier molecular flexibility index (Phi) is 7.95. The summed E-state index contributed by atoms with van der Waals surface area (Å²) < 4.78 is 27.5. The smallest absolute Gasteiger partial charge is 0.293 e. The average molecular weight is 534 g/mol. The number of sulfonamides is 1. The maximum atomic E-state index is 13.1. The zero-order valence-electron chi connectivity index (χ0n) is 18.7. The Bertz CT molecular complexity index is 1250. The van der Waals surface area contributed by atoms with Crippen molar-refractivity contribution < 1.29 is 22.8 Å². The Labute approximate surface area is 213 Å². The maximum absolute atomic E-state index is 13.1. The number of rotatable bonds is 7. The molecule has 0 bridgehead atoms. The summed E-state index contributed by atoms with van der Waals surface area (Å²) in [7, 11) is -3.82. The van der Waals surface area contributed by atoms with Gasteiger partial charge in [0, 0.05) is 24.7 Å². The molecule has 184 valence electrons. The minimum absolute atomic E-state index is 0.00742. The second kappa shape index (κ2) is 10.9. The summed E-state index contributed by atoms with van der Waals surface area (Å²) in [5, 5.41) is 2.86. The van der Waals surface area contributed by atoms with E-state index in [1.807, 2.05) is 0 Å². The third-order valence-corrected chi connectivity index (χ3v) is 8.86. The molecule has 2 fully saturated rings. The van der Waals surface area contributed by atoms with Gasteiger partial charge >= 0.3 is 0 Å². The molecule has 35 heavy (non-hydrogen) atoms. The minimum atomic E-state index is -3.82. The normalized spacial score (nSPS) is 20.4. The number of imide groups is 1. The molecule has 0 aromatic heterocycles. The summed E-state index contributed by atoms with van der Waals surface area (Å²) in [6, 6.07) is 14.1. The number of carbonyl (C=O) groups excluding carboxylic acids is 3. The number of thioether (sulfide) groups is 1. The van der Waals surface area contributed by atoms with Gasteiger partial charge in [0.05, 0.1) is 9.80 Å². The van der Waals surface area contributed by atoms with Crippen LogP contribution in [0.25, 0.3) is 6.08 Å². The number of benzene rings is 2. The van der Waals surface area contributed by atoms with Gasteiger partial charge in [0.15, 0.2) is 0 Å². The summed E-state index contributed by atoms with van der Waals surface area (Å²) in [5.41, 5.74) is 0.741. The lowest BCUT2D eigenvalue weighted by molar-refractivity contribution is -0.127. The van der Waals surface area contributed by atoms with Gasteiger partial charge in [-0.2, -0.15) is 4.31 Å². The van der Waals surface area contributed by atoms with Crippen LogP contribution in [0.3, 0.4) is 0 Å². The minimum Gasteiger partial charge on any atom is -0.353 e. The fourth-order valence-electron chi connectivity index (χ4n) is 3.99. The largest absolute Gasteiger partial charge is 0.353 e. The van der Waals surface area contributed by atoms with Gasteiger partial charge in [0.1, 0.15) is 6.04 Å². The third kappa shape index (κ3) is 5.78. The lowest BCUT2D eigenvalue weighted by Gasteiger charge is -2.33. The van der Waals surface area contributed by atoms with Crippen molar-refractivity contribution in [2.75, 3.05) is 19.6 Å². The summed E-state index contributed by atoms with van der Waals surface area (Å²) in [5.74, 6) is -0.872. The Morgan fingerprint density at radius 1 is 1.09 bits per heavy atom. The van der Waals surface area contributed by atoms with E-state index >= 15 is 0 Å². The fourth-order valence-corrected chi connectivity index (χ4v) is 6.66. The van der Waals surface area contributed by atoms with Gasteiger partial charge in [-0.05, 0) is 60.5 Å². The molecule has 2 heterocycles. The summed E-state index contributed by atoms with van der Waals surface area (Å²) >= 11 is 6.72. The predicted molar refractivity (Wildman–Crippen MR) is 135 cm³/mol. The summed E-state index contributed by atoms with van der Waals surface area (Å²) in [4.78, 5) is 39.5. The van der Waals surface area contributed by atoms with Crippen molar-refractivity contribution in [1.82, 2.24) is 14.5 Å². The fraction of sp³-hybridized carbons (Fsp3) is 0.292. The topological polar surface area (TPSA) is 104 Å². The van der Waals surface area contributed by atoms with Crippen molar-refractivity contribution in [1.29, 1.82) is 0 Å². The Hall–Kier alpha value is -2.66. The van der Waals surface area contributed by atoms with E-state index in [0.717, 1.165) is 28.6 Å². The molecule has 2 aliphatic heterocycles. The van der Waals surface area contributed by atoms with E-state index in [1.165, 1.54) is 16.4 Å². The van der Waals surface area contributed by atoms with Gasteiger partial charge in [-0.15, -0.1) is 0 Å². The molecular formula is C24H24ClN3O5S2. The van der Waals surface area contributed by atoms with Crippen molar-refractivity contribution in [3.05, 3.63) is 70.1 Å². The predicted octanol–water partition coefficient (Wildman–Crippen LogP) is 3.74. The SMILES string of the molecule is O=C(NCCN1C(=O)S/C(=C\c2ccc(Cl)cc2)C1=O)C1CCCCN1S(=O)(=O)c1ccccc1. The van der Waals surface area contributed by atoms with Crippen LogP contribution in [0.2, 0.25) is 5.02 Å². The van der Waals surface area contributed by atoms with Gasteiger partial charge in [-0.3, -0.25) is 19.3 Å². The highest BCUT2D eigenvalue weighted by Gasteiger charge is 2.38. The number of amides is 3. The second-order valence-corrected chi connectivity index (χ2v) is 11.4. The summed E-state index contributed by atoms with van der Waals surface area (Å²) in [6.45, 7) is 0.279. The van der Waals surface area contributed by atoms with Gasteiger partial charge in [0.25, 0.3) is 11.1 Å². The van der Waals surface area contributed by atoms with E-state index < -0.39 is 33.1 Å². The molecule has 1 atom stereocenters. The lowest BCUT2D eigenvalue weighted by atomic mass is 10.0. The molecule has 1 N–H and O–H groups in total. The number of halogens is 1. The molecule has 2 aromatic carbocycles. The monoisotopic (exact) mass is 533 g/mol. The number of carbonyl (C=O) groups is 3. The van der Waals surface area contributed by atoms with Crippen LogP contribution in [-0.2, 0) is 19.6 Å². The highest BCUT2D eigenvalue weighted by Crippen LogP contribution is 2.32. The number of hydrogen-bond acceptors (Lipinski definition) is 6. The molecule has 0 spiro atoms. The molecule has 0 aliphatic carbocycles. The zero-order chi connectivity index (χ0) is 25.0. The molecule has 3 amide bonds. The van der Waals surface area contributed by atoms with Crippen LogP contribution in [0, 0.1) is 0 Å². The molecule has 11 heteroatoms. The molecular weight excluding hydrogens is 510 g/mol. The Morgan fingerprint density at radius 3 is 2.51 bits per heavy atom. The van der Waals surface area contributed by atoms with Gasteiger partial charge in [0.2, 0.25) is 15.9 Å². The second-order valence-electron chi connectivity index (χ2n) is 8.12. The highest BCUT2D eigenvalue weighted by molar-refractivity contribution is 8.18. The van der Waals surface area contributed by atoms with Crippen LogP contribution in [0.4, 0.5) is 4.79 Å². The molecule has 2 aliphatic rings. The average Bonchev–Trinajstić information content (AvgIpc) is 3.13. The van der Waals surface area contributed by atoms with Crippen LogP contribution in [-0.4, -0.2) is 60.4 Å². The number of nitrogens with zero attached hydrogens (tertiary/aromatic N) is 2. The van der Waals surface area contributed by atoms with Crippen LogP contribution < -0.4 is 5.32 Å². The van der Waals surface area contributed by atoms with E-state index in [4.69, 9.17) is 11.6 Å². The van der Waals surface area contributed by atoms with Crippen molar-refractivity contribution in [2.45, 2.75) is 30.2 Å². The van der Waals surface area contributed by atoms with Gasteiger partial charge < -0.3 is 5.32 Å². The van der Waals surface area contributed by atoms with Crippen LogP contribution in [0.1, 0.15) is 24.8 Å². The molecule has 0 radical (unpaired) electrons. The number of hydrogen-bond donors (Lipinski definition) is 1. The van der Waals surface area contributed by atoms with Crippen molar-refractivity contribution >= 4 is 56.5 Å². The molecule has 4 rings (SSSR count). The first-order chi connectivity index (χ1) is 16.8.